The highest BCUT2D eigenvalue weighted by molar-refractivity contribution is 7.21. The van der Waals surface area contributed by atoms with E-state index < -0.39 is 5.97 Å². The summed E-state index contributed by atoms with van der Waals surface area (Å²) in [5, 5.41) is 19.1. The van der Waals surface area contributed by atoms with Crippen LogP contribution in [0.3, 0.4) is 0 Å². The monoisotopic (exact) mass is 615 g/mol. The molecule has 0 unspecified atom stereocenters. The Morgan fingerprint density at radius 3 is 1.91 bits per heavy atom. The van der Waals surface area contributed by atoms with Crippen LogP contribution in [-0.2, 0) is 4.79 Å². The second kappa shape index (κ2) is 12.4. The van der Waals surface area contributed by atoms with Gasteiger partial charge in [0.05, 0.1) is 24.4 Å². The van der Waals surface area contributed by atoms with E-state index in [1.54, 1.807) is 31.6 Å². The van der Waals surface area contributed by atoms with Gasteiger partial charge in [-0.15, -0.1) is 22.7 Å². The molecule has 216 valence electrons. The number of thiazole rings is 1. The fourth-order valence-electron chi connectivity index (χ4n) is 4.73. The first-order valence-electron chi connectivity index (χ1n) is 13.5. The number of aromatic nitrogens is 1. The predicted molar refractivity (Wildman–Crippen MR) is 177 cm³/mol. The first kappa shape index (κ1) is 28.7. The summed E-state index contributed by atoms with van der Waals surface area (Å²) < 4.78 is 11.8. The third-order valence-electron chi connectivity index (χ3n) is 6.97. The molecule has 0 aliphatic heterocycles. The Labute approximate surface area is 262 Å². The number of rotatable bonds is 9. The molecule has 0 atom stereocenters. The Bertz CT molecular complexity index is 1970. The summed E-state index contributed by atoms with van der Waals surface area (Å²) in [4.78, 5) is 20.0. The van der Waals surface area contributed by atoms with Crippen molar-refractivity contribution in [2.24, 2.45) is 0 Å². The number of hydrogen-bond donors (Lipinski definition) is 1. The molecule has 0 aliphatic carbocycles. The normalized spacial score (nSPS) is 11.2. The van der Waals surface area contributed by atoms with Crippen molar-refractivity contribution in [3.05, 3.63) is 114 Å². The van der Waals surface area contributed by atoms with Gasteiger partial charge in [-0.2, -0.15) is 5.26 Å². The first-order chi connectivity index (χ1) is 21.4. The summed E-state index contributed by atoms with van der Waals surface area (Å²) in [5.41, 5.74) is 5.63. The van der Waals surface area contributed by atoms with Crippen molar-refractivity contribution >= 4 is 62.0 Å². The van der Waals surface area contributed by atoms with E-state index in [1.165, 1.54) is 17.4 Å². The minimum absolute atomic E-state index is 0.289. The van der Waals surface area contributed by atoms with E-state index in [-0.39, 0.29) is 5.57 Å². The molecular formula is C35H25N3O4S2. The van der Waals surface area contributed by atoms with Crippen molar-refractivity contribution in [1.82, 2.24) is 4.98 Å². The van der Waals surface area contributed by atoms with Gasteiger partial charge in [0.15, 0.2) is 0 Å². The number of aliphatic carboxylic acids is 1. The zero-order valence-electron chi connectivity index (χ0n) is 23.7. The summed E-state index contributed by atoms with van der Waals surface area (Å²) in [7, 11) is 3.31. The third kappa shape index (κ3) is 5.90. The Hall–Kier alpha value is -5.43. The van der Waals surface area contributed by atoms with Gasteiger partial charge < -0.3 is 19.5 Å². The van der Waals surface area contributed by atoms with Gasteiger partial charge in [0, 0.05) is 32.4 Å². The lowest BCUT2D eigenvalue weighted by molar-refractivity contribution is -0.132. The molecule has 0 saturated carbocycles. The minimum Gasteiger partial charge on any atom is -0.497 e. The number of anilines is 3. The van der Waals surface area contributed by atoms with E-state index in [0.29, 0.717) is 4.88 Å². The Morgan fingerprint density at radius 1 is 0.795 bits per heavy atom. The summed E-state index contributed by atoms with van der Waals surface area (Å²) in [6.45, 7) is 0. The number of ether oxygens (including phenoxy) is 2. The molecular weight excluding hydrogens is 591 g/mol. The molecule has 2 aromatic heterocycles. The average molecular weight is 616 g/mol. The number of hydrogen-bond acceptors (Lipinski definition) is 8. The molecule has 0 fully saturated rings. The molecule has 0 radical (unpaired) electrons. The highest BCUT2D eigenvalue weighted by Gasteiger charge is 2.15. The molecule has 0 saturated heterocycles. The summed E-state index contributed by atoms with van der Waals surface area (Å²) in [6, 6.07) is 35.9. The van der Waals surface area contributed by atoms with E-state index >= 15 is 0 Å². The molecule has 0 aliphatic rings. The van der Waals surface area contributed by atoms with Crippen molar-refractivity contribution in [1.29, 1.82) is 5.26 Å². The summed E-state index contributed by atoms with van der Waals surface area (Å²) in [6.07, 6.45) is 1.40. The van der Waals surface area contributed by atoms with Crippen LogP contribution >= 0.6 is 22.7 Å². The second-order valence-electron chi connectivity index (χ2n) is 9.66. The standard InChI is InChI=1S/C35H25N3O4S2/c1-41-28-12-8-26(9-13-28)38(27-10-14-29(42-2)15-11-27)25-6-3-22(4-7-25)34-37-31-17-5-23(20-33(31)44-34)32-18-16-30(43-32)19-24(21-36)35(39)40/h3-20H,1-2H3,(H,39,40). The van der Waals surface area contributed by atoms with E-state index in [1.807, 2.05) is 72.8 Å². The van der Waals surface area contributed by atoms with Crippen molar-refractivity contribution in [2.75, 3.05) is 19.1 Å². The maximum Gasteiger partial charge on any atom is 0.346 e. The topological polar surface area (TPSA) is 95.7 Å². The molecule has 0 amide bonds. The van der Waals surface area contributed by atoms with Crippen molar-refractivity contribution in [3.63, 3.8) is 0 Å². The van der Waals surface area contributed by atoms with Gasteiger partial charge in [-0.3, -0.25) is 0 Å². The molecule has 7 nitrogen and oxygen atoms in total. The van der Waals surface area contributed by atoms with Crippen LogP contribution in [0.15, 0.2) is 109 Å². The smallest absolute Gasteiger partial charge is 0.346 e. The van der Waals surface area contributed by atoms with Gasteiger partial charge in [0.2, 0.25) is 0 Å². The minimum atomic E-state index is -1.23. The van der Waals surface area contributed by atoms with Gasteiger partial charge in [0.1, 0.15) is 28.1 Å². The van der Waals surface area contributed by atoms with Gasteiger partial charge in [-0.05, 0) is 109 Å². The number of carboxylic acids is 1. The van der Waals surface area contributed by atoms with Crippen molar-refractivity contribution < 1.29 is 19.4 Å². The van der Waals surface area contributed by atoms with Gasteiger partial charge in [0.25, 0.3) is 0 Å². The summed E-state index contributed by atoms with van der Waals surface area (Å²) >= 11 is 3.06. The van der Waals surface area contributed by atoms with Crippen LogP contribution < -0.4 is 14.4 Å². The lowest BCUT2D eigenvalue weighted by Gasteiger charge is -2.26. The van der Waals surface area contributed by atoms with E-state index in [2.05, 4.69) is 35.2 Å². The van der Waals surface area contributed by atoms with Crippen LogP contribution in [0.1, 0.15) is 4.88 Å². The van der Waals surface area contributed by atoms with Crippen LogP contribution in [0.2, 0.25) is 0 Å². The number of nitrogens with zero attached hydrogens (tertiary/aromatic N) is 3. The zero-order valence-corrected chi connectivity index (χ0v) is 25.4. The highest BCUT2D eigenvalue weighted by atomic mass is 32.1. The first-order valence-corrected chi connectivity index (χ1v) is 15.1. The van der Waals surface area contributed by atoms with Crippen LogP contribution in [0.4, 0.5) is 17.1 Å². The SMILES string of the molecule is COc1ccc(N(c2ccc(OC)cc2)c2ccc(-c3nc4ccc(-c5ccc(C=C(C#N)C(=O)O)s5)cc4s3)cc2)cc1. The number of benzene rings is 4. The van der Waals surface area contributed by atoms with Gasteiger partial charge >= 0.3 is 5.97 Å². The number of thiophene rings is 1. The van der Waals surface area contributed by atoms with Crippen LogP contribution in [0.25, 0.3) is 37.3 Å². The van der Waals surface area contributed by atoms with Crippen LogP contribution in [-0.4, -0.2) is 30.3 Å². The second-order valence-corrected chi connectivity index (χ2v) is 11.8. The number of carbonyl (C=O) groups is 1. The predicted octanol–water partition coefficient (Wildman–Crippen LogP) is 9.17. The molecule has 6 aromatic rings. The molecule has 4 aromatic carbocycles. The van der Waals surface area contributed by atoms with E-state index in [0.717, 1.165) is 59.8 Å². The lowest BCUT2D eigenvalue weighted by atomic mass is 10.1. The molecule has 1 N–H and O–H groups in total. The largest absolute Gasteiger partial charge is 0.497 e. The van der Waals surface area contributed by atoms with Gasteiger partial charge in [-0.25, -0.2) is 9.78 Å². The van der Waals surface area contributed by atoms with Crippen molar-refractivity contribution in [3.8, 4) is 38.6 Å². The molecule has 9 heteroatoms. The van der Waals surface area contributed by atoms with Crippen LogP contribution in [0, 0.1) is 11.3 Å². The summed E-state index contributed by atoms with van der Waals surface area (Å²) in [5.74, 6) is 0.351. The molecule has 6 rings (SSSR count). The highest BCUT2D eigenvalue weighted by Crippen LogP contribution is 2.39. The fraction of sp³-hybridized carbons (Fsp3) is 0.0571. The zero-order chi connectivity index (χ0) is 30.6. The van der Waals surface area contributed by atoms with Crippen molar-refractivity contribution in [2.45, 2.75) is 0 Å². The fourth-order valence-corrected chi connectivity index (χ4v) is 6.69. The maximum atomic E-state index is 11.2. The molecule has 44 heavy (non-hydrogen) atoms. The maximum absolute atomic E-state index is 11.2. The number of nitriles is 1. The number of fused-ring (bicyclic) bond motifs is 1. The van der Waals surface area contributed by atoms with E-state index in [4.69, 9.17) is 24.8 Å². The number of methoxy groups -OCH3 is 2. The average Bonchev–Trinajstić information content (AvgIpc) is 3.71. The molecule has 0 bridgehead atoms. The molecule has 0 spiro atoms. The Morgan fingerprint density at radius 2 is 1.36 bits per heavy atom. The Balaban J connectivity index is 1.29. The quantitative estimate of drug-likeness (QED) is 0.128. The number of carboxylic acid groups (broad SMARTS) is 1. The third-order valence-corrected chi connectivity index (χ3v) is 9.12. The molecule has 2 heterocycles. The Kier molecular flexibility index (Phi) is 8.10. The van der Waals surface area contributed by atoms with Gasteiger partial charge in [-0.1, -0.05) is 6.07 Å². The van der Waals surface area contributed by atoms with E-state index in [9.17, 15) is 4.79 Å². The van der Waals surface area contributed by atoms with Crippen LogP contribution in [0.5, 0.6) is 11.5 Å². The lowest BCUT2D eigenvalue weighted by Crippen LogP contribution is -2.09.